The summed E-state index contributed by atoms with van der Waals surface area (Å²) in [6, 6.07) is 5.90. The third kappa shape index (κ3) is 4.05. The van der Waals surface area contributed by atoms with Gasteiger partial charge in [-0.1, -0.05) is 30.7 Å². The zero-order valence-electron chi connectivity index (χ0n) is 20.6. The average Bonchev–Trinajstić information content (AvgIpc) is 3.41. The molecule has 1 spiro atoms. The number of fused-ring (bicyclic) bond motifs is 5. The molecule has 6 nitrogen and oxygen atoms in total. The number of hydrogen-bond donors (Lipinski definition) is 0. The molecule has 3 saturated carbocycles. The second-order valence-corrected chi connectivity index (χ2v) is 13.1. The predicted molar refractivity (Wildman–Crippen MR) is 127 cm³/mol. The van der Waals surface area contributed by atoms with Gasteiger partial charge in [0.05, 0.1) is 13.2 Å². The van der Waals surface area contributed by atoms with Gasteiger partial charge in [0.2, 0.25) is 0 Å². The maximum Gasteiger partial charge on any atom is 0.534 e. The van der Waals surface area contributed by atoms with Crippen molar-refractivity contribution in [1.82, 2.24) is 0 Å². The van der Waals surface area contributed by atoms with E-state index in [9.17, 15) is 26.4 Å². The number of carbonyl (C=O) groups excluding carboxylic acids is 1. The van der Waals surface area contributed by atoms with Gasteiger partial charge in [-0.3, -0.25) is 4.79 Å². The number of alkyl halides is 3. The maximum absolute atomic E-state index is 13.1. The van der Waals surface area contributed by atoms with Crippen LogP contribution in [-0.2, 0) is 24.4 Å². The van der Waals surface area contributed by atoms with Crippen LogP contribution in [0, 0.1) is 29.1 Å². The summed E-state index contributed by atoms with van der Waals surface area (Å²) >= 11 is 0. The number of Topliss-reactive ketones (excluding diaryl/α,β-unsaturated/α-hetero) is 1. The lowest BCUT2D eigenvalue weighted by atomic mass is 9.48. The van der Waals surface area contributed by atoms with Crippen LogP contribution in [0.3, 0.4) is 0 Å². The lowest BCUT2D eigenvalue weighted by Crippen LogP contribution is -2.51. The molecular weight excluding hydrogens is 509 g/mol. The third-order valence-corrected chi connectivity index (χ3v) is 10.8. The summed E-state index contributed by atoms with van der Waals surface area (Å²) in [6.07, 6.45) is 7.89. The van der Waals surface area contributed by atoms with Crippen molar-refractivity contribution >= 4 is 15.9 Å². The molecule has 0 aromatic heterocycles. The van der Waals surface area contributed by atoms with Crippen LogP contribution < -0.4 is 4.18 Å². The summed E-state index contributed by atoms with van der Waals surface area (Å²) in [7, 11) is -5.74. The van der Waals surface area contributed by atoms with E-state index < -0.39 is 26.8 Å². The van der Waals surface area contributed by atoms with E-state index in [1.807, 2.05) is 0 Å². The second kappa shape index (κ2) is 8.55. The number of allylic oxidation sites excluding steroid dienone is 1. The zero-order valence-corrected chi connectivity index (χ0v) is 21.4. The molecule has 0 amide bonds. The van der Waals surface area contributed by atoms with Crippen molar-refractivity contribution in [3.05, 3.63) is 41.5 Å². The van der Waals surface area contributed by atoms with Crippen LogP contribution in [0.2, 0.25) is 0 Å². The molecule has 0 bridgehead atoms. The lowest BCUT2D eigenvalue weighted by molar-refractivity contribution is -0.176. The molecule has 1 aromatic carbocycles. The van der Waals surface area contributed by atoms with E-state index in [2.05, 4.69) is 17.2 Å². The molecule has 1 aromatic rings. The first-order chi connectivity index (χ1) is 17.4. The van der Waals surface area contributed by atoms with Gasteiger partial charge in [0.25, 0.3) is 0 Å². The van der Waals surface area contributed by atoms with Crippen LogP contribution in [-0.4, -0.2) is 38.7 Å². The van der Waals surface area contributed by atoms with Crippen LogP contribution in [0.15, 0.2) is 35.9 Å². The van der Waals surface area contributed by atoms with Crippen molar-refractivity contribution in [3.63, 3.8) is 0 Å². The standard InChI is InChI=1S/C27H31F3O6S/c1-25-15-21(16-2-5-18(6-3-16)36-37(32,33)27(28,29)30)24-19-10-11-26(34-12-13-35-26)14-17(19)4-7-20(24)22(25)8-9-23(25)31/h2-6,19-22,24H,7-15H2,1H3/t19-,20-,21+,22-,24+,25-/m0/s1. The van der Waals surface area contributed by atoms with Crippen LogP contribution in [0.25, 0.3) is 0 Å². The first kappa shape index (κ1) is 25.4. The lowest BCUT2D eigenvalue weighted by Gasteiger charge is -2.56. The number of halogens is 3. The SMILES string of the molecule is C[C@]12C[C@H](c3ccc(OS(=O)(=O)C(F)(F)F)cc3)[C@H]3[C@@H](CC=C4CC5(CC[C@@H]43)OCCO5)[C@@H]1CCC2=O. The normalized spacial score (nSPS) is 37.0. The van der Waals surface area contributed by atoms with E-state index in [4.69, 9.17) is 9.47 Å². The largest absolute Gasteiger partial charge is 0.534 e. The van der Waals surface area contributed by atoms with E-state index in [0.717, 1.165) is 37.7 Å². The highest BCUT2D eigenvalue weighted by Crippen LogP contribution is 2.65. The van der Waals surface area contributed by atoms with Crippen LogP contribution in [0.5, 0.6) is 5.75 Å². The molecular formula is C27H31F3O6S. The molecule has 6 rings (SSSR count). The van der Waals surface area contributed by atoms with Gasteiger partial charge < -0.3 is 13.7 Å². The van der Waals surface area contributed by atoms with Crippen molar-refractivity contribution in [1.29, 1.82) is 0 Å². The van der Waals surface area contributed by atoms with Gasteiger partial charge in [-0.15, -0.1) is 0 Å². The summed E-state index contributed by atoms with van der Waals surface area (Å²) in [5.41, 5.74) is -3.67. The highest BCUT2D eigenvalue weighted by atomic mass is 32.2. The van der Waals surface area contributed by atoms with Crippen LogP contribution in [0.1, 0.15) is 63.4 Å². The van der Waals surface area contributed by atoms with Crippen molar-refractivity contribution in [2.24, 2.45) is 29.1 Å². The van der Waals surface area contributed by atoms with E-state index in [1.165, 1.54) is 17.7 Å². The Morgan fingerprint density at radius 1 is 1.05 bits per heavy atom. The summed E-state index contributed by atoms with van der Waals surface area (Å²) in [5.74, 6) is 0.668. The molecule has 0 radical (unpaired) electrons. The molecule has 0 N–H and O–H groups in total. The number of carbonyl (C=O) groups is 1. The van der Waals surface area contributed by atoms with Gasteiger partial charge >= 0.3 is 15.6 Å². The van der Waals surface area contributed by atoms with E-state index in [0.29, 0.717) is 49.6 Å². The van der Waals surface area contributed by atoms with E-state index in [-0.39, 0.29) is 17.6 Å². The number of benzene rings is 1. The fourth-order valence-electron chi connectivity index (χ4n) is 8.18. The Morgan fingerprint density at radius 2 is 1.76 bits per heavy atom. The van der Waals surface area contributed by atoms with Gasteiger partial charge in [-0.05, 0) is 73.0 Å². The Kier molecular flexibility index (Phi) is 5.86. The fraction of sp³-hybridized carbons (Fsp3) is 0.667. The predicted octanol–water partition coefficient (Wildman–Crippen LogP) is 5.49. The number of ether oxygens (including phenoxy) is 2. The van der Waals surface area contributed by atoms with Crippen LogP contribution >= 0.6 is 0 Å². The molecule has 37 heavy (non-hydrogen) atoms. The molecule has 4 fully saturated rings. The highest BCUT2D eigenvalue weighted by Gasteiger charge is 2.60. The number of ketones is 1. The van der Waals surface area contributed by atoms with Gasteiger partial charge in [-0.25, -0.2) is 0 Å². The molecule has 202 valence electrons. The molecule has 1 heterocycles. The first-order valence-electron chi connectivity index (χ1n) is 13.0. The minimum absolute atomic E-state index is 0.0229. The minimum Gasteiger partial charge on any atom is -0.376 e. The molecule has 6 atom stereocenters. The van der Waals surface area contributed by atoms with E-state index >= 15 is 0 Å². The Morgan fingerprint density at radius 3 is 2.43 bits per heavy atom. The Hall–Kier alpha value is -1.91. The molecule has 4 aliphatic carbocycles. The Balaban J connectivity index is 1.33. The van der Waals surface area contributed by atoms with Gasteiger partial charge in [-0.2, -0.15) is 21.6 Å². The van der Waals surface area contributed by atoms with Crippen molar-refractivity contribution < 1.29 is 40.0 Å². The number of rotatable bonds is 3. The molecule has 10 heteroatoms. The Bertz CT molecular complexity index is 1220. The van der Waals surface area contributed by atoms with E-state index in [1.54, 1.807) is 12.1 Å². The maximum atomic E-state index is 13.1. The smallest absolute Gasteiger partial charge is 0.376 e. The van der Waals surface area contributed by atoms with Crippen LogP contribution in [0.4, 0.5) is 13.2 Å². The quantitative estimate of drug-likeness (QED) is 0.287. The van der Waals surface area contributed by atoms with Gasteiger partial charge in [0.15, 0.2) is 5.79 Å². The first-order valence-corrected chi connectivity index (χ1v) is 14.4. The molecule has 5 aliphatic rings. The van der Waals surface area contributed by atoms with Gasteiger partial charge in [0, 0.05) is 24.7 Å². The number of hydrogen-bond acceptors (Lipinski definition) is 6. The topological polar surface area (TPSA) is 78.9 Å². The van der Waals surface area contributed by atoms with Crippen molar-refractivity contribution in [2.45, 2.75) is 69.1 Å². The average molecular weight is 541 g/mol. The summed E-state index contributed by atoms with van der Waals surface area (Å²) in [6.45, 7) is 3.29. The Labute approximate surface area is 214 Å². The van der Waals surface area contributed by atoms with Crippen molar-refractivity contribution in [2.75, 3.05) is 13.2 Å². The molecule has 1 aliphatic heterocycles. The monoisotopic (exact) mass is 540 g/mol. The minimum atomic E-state index is -5.74. The highest BCUT2D eigenvalue weighted by molar-refractivity contribution is 7.88. The van der Waals surface area contributed by atoms with Crippen molar-refractivity contribution in [3.8, 4) is 5.75 Å². The zero-order chi connectivity index (χ0) is 26.2. The summed E-state index contributed by atoms with van der Waals surface area (Å²) in [4.78, 5) is 13.1. The molecule has 1 saturated heterocycles. The molecule has 0 unspecified atom stereocenters. The summed E-state index contributed by atoms with van der Waals surface area (Å²) in [5, 5.41) is 0. The fourth-order valence-corrected chi connectivity index (χ4v) is 8.64. The second-order valence-electron chi connectivity index (χ2n) is 11.5. The van der Waals surface area contributed by atoms with Gasteiger partial charge in [0.1, 0.15) is 11.5 Å². The third-order valence-electron chi connectivity index (χ3n) is 9.77. The summed E-state index contributed by atoms with van der Waals surface area (Å²) < 4.78 is 77.6.